The second-order valence-corrected chi connectivity index (χ2v) is 5.23. The lowest BCUT2D eigenvalue weighted by atomic mass is 10.0. The molecule has 0 aliphatic rings. The molecule has 0 radical (unpaired) electrons. The molecule has 78 valence electrons. The molecule has 0 unspecified atom stereocenters. The number of phenolic OH excluding ortho intramolecular Hbond substituents is 1. The Balaban J connectivity index is 2.56. The van der Waals surface area contributed by atoms with Crippen LogP contribution < -0.4 is 0 Å². The summed E-state index contributed by atoms with van der Waals surface area (Å²) in [7, 11) is 2.04. The molecule has 2 rings (SSSR count). The van der Waals surface area contributed by atoms with Crippen LogP contribution >= 0.6 is 22.9 Å². The van der Waals surface area contributed by atoms with Crippen LogP contribution in [0.2, 0.25) is 0 Å². The lowest BCUT2D eigenvalue weighted by Crippen LogP contribution is -2.03. The second kappa shape index (κ2) is 4.37. The van der Waals surface area contributed by atoms with Gasteiger partial charge in [0.2, 0.25) is 0 Å². The van der Waals surface area contributed by atoms with E-state index in [-0.39, 0.29) is 0 Å². The number of rotatable bonds is 2. The summed E-state index contributed by atoms with van der Waals surface area (Å²) in [6, 6.07) is 11.7. The maximum atomic E-state index is 9.39. The molecule has 0 aliphatic heterocycles. The first-order valence-corrected chi connectivity index (χ1v) is 5.71. The number of phenols is 1. The molecule has 2 nitrogen and oxygen atoms in total. The number of halogens is 1. The molecular formula is C12H12INO. The Morgan fingerprint density at radius 1 is 1.27 bits per heavy atom. The molecule has 2 aromatic rings. The lowest BCUT2D eigenvalue weighted by Gasteiger charge is -2.10. The van der Waals surface area contributed by atoms with Crippen molar-refractivity contribution >= 4 is 33.6 Å². The molecule has 0 spiro atoms. The van der Waals surface area contributed by atoms with Crippen LogP contribution in [0.1, 0.15) is 5.56 Å². The zero-order chi connectivity index (χ0) is 10.8. The fraction of sp³-hybridized carbons (Fsp3) is 0.167. The predicted octanol–water partition coefficient (Wildman–Crippen LogP) is 3.33. The number of benzene rings is 2. The second-order valence-electron chi connectivity index (χ2n) is 3.59. The van der Waals surface area contributed by atoms with Gasteiger partial charge in [0, 0.05) is 29.4 Å². The Bertz CT molecular complexity index is 482. The van der Waals surface area contributed by atoms with Gasteiger partial charge in [0.25, 0.3) is 0 Å². The van der Waals surface area contributed by atoms with Crippen molar-refractivity contribution < 1.29 is 5.11 Å². The van der Waals surface area contributed by atoms with Crippen molar-refractivity contribution in [1.29, 1.82) is 0 Å². The van der Waals surface area contributed by atoms with E-state index in [0.29, 0.717) is 5.75 Å². The molecular weight excluding hydrogens is 301 g/mol. The Labute approximate surface area is 103 Å². The first-order valence-electron chi connectivity index (χ1n) is 4.74. The molecule has 3 heteroatoms. The third-order valence-corrected chi connectivity index (χ3v) is 2.68. The van der Waals surface area contributed by atoms with Gasteiger partial charge in [0.1, 0.15) is 5.75 Å². The summed E-state index contributed by atoms with van der Waals surface area (Å²) in [6.07, 6.45) is 0. The summed E-state index contributed by atoms with van der Waals surface area (Å²) in [5, 5.41) is 11.7. The van der Waals surface area contributed by atoms with E-state index in [1.807, 2.05) is 25.2 Å². The SMILES string of the molecule is CN(I)Cc1cccc2cc(O)ccc12. The molecule has 0 saturated carbocycles. The van der Waals surface area contributed by atoms with Crippen molar-refractivity contribution in [3.05, 3.63) is 42.0 Å². The van der Waals surface area contributed by atoms with Gasteiger partial charge in [0.05, 0.1) is 0 Å². The summed E-state index contributed by atoms with van der Waals surface area (Å²) >= 11 is 2.27. The van der Waals surface area contributed by atoms with Gasteiger partial charge >= 0.3 is 0 Å². The normalized spacial score (nSPS) is 11.1. The van der Waals surface area contributed by atoms with Gasteiger partial charge in [-0.1, -0.05) is 24.3 Å². The number of fused-ring (bicyclic) bond motifs is 1. The Kier molecular flexibility index (Phi) is 3.11. The van der Waals surface area contributed by atoms with E-state index >= 15 is 0 Å². The molecule has 0 bridgehead atoms. The van der Waals surface area contributed by atoms with E-state index in [2.05, 4.69) is 32.0 Å². The number of nitrogens with zero attached hydrogens (tertiary/aromatic N) is 1. The third-order valence-electron chi connectivity index (χ3n) is 2.34. The van der Waals surface area contributed by atoms with Crippen LogP contribution in [-0.2, 0) is 6.54 Å². The molecule has 2 aromatic carbocycles. The van der Waals surface area contributed by atoms with Gasteiger partial charge < -0.3 is 5.11 Å². The molecule has 0 aliphatic carbocycles. The smallest absolute Gasteiger partial charge is 0.116 e. The van der Waals surface area contributed by atoms with Crippen LogP contribution in [-0.4, -0.2) is 15.3 Å². The zero-order valence-electron chi connectivity index (χ0n) is 8.44. The topological polar surface area (TPSA) is 23.5 Å². The van der Waals surface area contributed by atoms with E-state index in [9.17, 15) is 5.11 Å². The molecule has 0 saturated heterocycles. The van der Waals surface area contributed by atoms with Gasteiger partial charge in [0.15, 0.2) is 0 Å². The van der Waals surface area contributed by atoms with E-state index in [1.165, 1.54) is 10.9 Å². The third kappa shape index (κ3) is 2.41. The van der Waals surface area contributed by atoms with Crippen molar-refractivity contribution in [2.24, 2.45) is 0 Å². The largest absolute Gasteiger partial charge is 0.508 e. The highest BCUT2D eigenvalue weighted by molar-refractivity contribution is 14.1. The van der Waals surface area contributed by atoms with Crippen molar-refractivity contribution in [3.63, 3.8) is 0 Å². The van der Waals surface area contributed by atoms with E-state index in [4.69, 9.17) is 0 Å². The predicted molar refractivity (Wildman–Crippen MR) is 71.1 cm³/mol. The first kappa shape index (κ1) is 10.7. The fourth-order valence-corrected chi connectivity index (χ4v) is 2.08. The minimum atomic E-state index is 0.322. The average Bonchev–Trinajstić information content (AvgIpc) is 2.16. The van der Waals surface area contributed by atoms with Crippen molar-refractivity contribution in [2.45, 2.75) is 6.54 Å². The van der Waals surface area contributed by atoms with Crippen LogP contribution in [0.4, 0.5) is 0 Å². The molecule has 1 N–H and O–H groups in total. The van der Waals surface area contributed by atoms with Gasteiger partial charge in [-0.3, -0.25) is 0 Å². The van der Waals surface area contributed by atoms with Gasteiger partial charge in [-0.15, -0.1) is 0 Å². The van der Waals surface area contributed by atoms with Gasteiger partial charge in [-0.25, -0.2) is 3.11 Å². The van der Waals surface area contributed by atoms with Crippen LogP contribution in [0.15, 0.2) is 36.4 Å². The summed E-state index contributed by atoms with van der Waals surface area (Å²) in [4.78, 5) is 0. The molecule has 0 atom stereocenters. The average molecular weight is 313 g/mol. The van der Waals surface area contributed by atoms with E-state index in [0.717, 1.165) is 11.9 Å². The summed E-state index contributed by atoms with van der Waals surface area (Å²) < 4.78 is 2.11. The van der Waals surface area contributed by atoms with Gasteiger partial charge in [-0.2, -0.15) is 0 Å². The standard InChI is InChI=1S/C12H12INO/c1-14(13)8-10-4-2-3-9-7-11(15)5-6-12(9)10/h2-7,15H,8H2,1H3. The van der Waals surface area contributed by atoms with Crippen LogP contribution in [0, 0.1) is 0 Å². The van der Waals surface area contributed by atoms with Crippen molar-refractivity contribution in [1.82, 2.24) is 3.11 Å². The fourth-order valence-electron chi connectivity index (χ4n) is 1.71. The van der Waals surface area contributed by atoms with Crippen molar-refractivity contribution in [2.75, 3.05) is 7.05 Å². The minimum Gasteiger partial charge on any atom is -0.508 e. The highest BCUT2D eigenvalue weighted by Crippen LogP contribution is 2.24. The number of aromatic hydroxyl groups is 1. The minimum absolute atomic E-state index is 0.322. The van der Waals surface area contributed by atoms with Gasteiger partial charge in [-0.05, 0) is 35.5 Å². The van der Waals surface area contributed by atoms with Crippen molar-refractivity contribution in [3.8, 4) is 5.75 Å². The monoisotopic (exact) mass is 313 g/mol. The Morgan fingerprint density at radius 3 is 2.80 bits per heavy atom. The Hall–Kier alpha value is -0.810. The summed E-state index contributed by atoms with van der Waals surface area (Å²) in [5.74, 6) is 0.322. The maximum Gasteiger partial charge on any atom is 0.116 e. The first-order chi connectivity index (χ1) is 7.16. The molecule has 15 heavy (non-hydrogen) atoms. The zero-order valence-corrected chi connectivity index (χ0v) is 10.6. The van der Waals surface area contributed by atoms with Crippen LogP contribution in [0.25, 0.3) is 10.8 Å². The summed E-state index contributed by atoms with van der Waals surface area (Å²) in [6.45, 7) is 0.905. The molecule has 0 heterocycles. The summed E-state index contributed by atoms with van der Waals surface area (Å²) in [5.41, 5.74) is 1.28. The maximum absolute atomic E-state index is 9.39. The molecule has 0 amide bonds. The Morgan fingerprint density at radius 2 is 2.07 bits per heavy atom. The highest BCUT2D eigenvalue weighted by atomic mass is 127. The van der Waals surface area contributed by atoms with E-state index in [1.54, 1.807) is 12.1 Å². The highest BCUT2D eigenvalue weighted by Gasteiger charge is 2.02. The van der Waals surface area contributed by atoms with E-state index < -0.39 is 0 Å². The lowest BCUT2D eigenvalue weighted by molar-refractivity contribution is 0.476. The number of hydrogen-bond donors (Lipinski definition) is 1. The number of hydrogen-bond acceptors (Lipinski definition) is 2. The molecule has 0 aromatic heterocycles. The van der Waals surface area contributed by atoms with Crippen LogP contribution in [0.3, 0.4) is 0 Å². The molecule has 0 fully saturated rings. The van der Waals surface area contributed by atoms with Crippen LogP contribution in [0.5, 0.6) is 5.75 Å². The quantitative estimate of drug-likeness (QED) is 0.679.